The van der Waals surface area contributed by atoms with E-state index in [4.69, 9.17) is 0 Å². The molecule has 0 saturated carbocycles. The zero-order chi connectivity index (χ0) is 14.8. The van der Waals surface area contributed by atoms with Gasteiger partial charge in [-0.2, -0.15) is 0 Å². The van der Waals surface area contributed by atoms with E-state index in [0.717, 1.165) is 5.56 Å². The van der Waals surface area contributed by atoms with Crippen molar-refractivity contribution >= 4 is 18.4 Å². The summed E-state index contributed by atoms with van der Waals surface area (Å²) in [5.41, 5.74) is 0.976. The Morgan fingerprint density at radius 1 is 1.30 bits per heavy atom. The van der Waals surface area contributed by atoms with Crippen LogP contribution in [0.5, 0.6) is 0 Å². The highest BCUT2D eigenvalue weighted by Crippen LogP contribution is 2.18. The van der Waals surface area contributed by atoms with Gasteiger partial charge in [0.1, 0.15) is 0 Å². The van der Waals surface area contributed by atoms with Crippen molar-refractivity contribution in [3.63, 3.8) is 0 Å². The van der Waals surface area contributed by atoms with Crippen LogP contribution < -0.4 is 5.11 Å². The molecule has 1 aromatic carbocycles. The largest absolute Gasteiger partial charge is 0.550 e. The molecule has 20 heavy (non-hydrogen) atoms. The number of aliphatic hydroxyl groups is 1. The van der Waals surface area contributed by atoms with Crippen LogP contribution in [0, 0.1) is 0 Å². The molecule has 0 spiro atoms. The van der Waals surface area contributed by atoms with Crippen molar-refractivity contribution in [2.45, 2.75) is 38.8 Å². The van der Waals surface area contributed by atoms with Crippen molar-refractivity contribution in [1.82, 2.24) is 4.90 Å². The Morgan fingerprint density at radius 2 is 1.80 bits per heavy atom. The van der Waals surface area contributed by atoms with Gasteiger partial charge in [-0.05, 0) is 33.0 Å². The SMILES string of the molecule is CC(C(O)c1ccccc1)N(C)C.CCCC(=O)[O-].Cl. The first kappa shape index (κ1) is 21.2. The van der Waals surface area contributed by atoms with Crippen LogP contribution >= 0.6 is 12.4 Å². The van der Waals surface area contributed by atoms with Gasteiger partial charge in [-0.25, -0.2) is 0 Å². The maximum absolute atomic E-state index is 9.92. The highest BCUT2D eigenvalue weighted by Gasteiger charge is 2.17. The number of carbonyl (C=O) groups is 1. The number of hydrogen-bond donors (Lipinski definition) is 1. The number of aliphatic carboxylic acids is 1. The highest BCUT2D eigenvalue weighted by atomic mass is 35.5. The summed E-state index contributed by atoms with van der Waals surface area (Å²) in [5, 5.41) is 19.4. The average molecular weight is 303 g/mol. The summed E-state index contributed by atoms with van der Waals surface area (Å²) in [6.07, 6.45) is 0.443. The number of hydrogen-bond acceptors (Lipinski definition) is 4. The molecule has 0 aliphatic heterocycles. The predicted molar refractivity (Wildman–Crippen MR) is 81.7 cm³/mol. The van der Waals surface area contributed by atoms with Crippen LogP contribution in [0.15, 0.2) is 30.3 Å². The first-order valence-electron chi connectivity index (χ1n) is 6.49. The number of carboxylic acids is 1. The summed E-state index contributed by atoms with van der Waals surface area (Å²) in [4.78, 5) is 11.5. The fraction of sp³-hybridized carbons (Fsp3) is 0.533. The minimum absolute atomic E-state index is 0. The molecule has 2 atom stereocenters. The number of carboxylic acid groups (broad SMARTS) is 1. The van der Waals surface area contributed by atoms with Gasteiger partial charge < -0.3 is 19.9 Å². The van der Waals surface area contributed by atoms with Gasteiger partial charge in [0, 0.05) is 12.0 Å². The number of aliphatic hydroxyl groups excluding tert-OH is 1. The minimum atomic E-state index is -0.961. The van der Waals surface area contributed by atoms with Gasteiger partial charge in [-0.3, -0.25) is 0 Å². The molecule has 4 nitrogen and oxygen atoms in total. The summed E-state index contributed by atoms with van der Waals surface area (Å²) >= 11 is 0. The number of nitrogens with zero attached hydrogens (tertiary/aromatic N) is 1. The summed E-state index contributed by atoms with van der Waals surface area (Å²) in [5.74, 6) is -0.961. The maximum Gasteiger partial charge on any atom is 0.0942 e. The first-order valence-corrected chi connectivity index (χ1v) is 6.49. The van der Waals surface area contributed by atoms with E-state index in [1.54, 1.807) is 6.92 Å². The maximum atomic E-state index is 9.92. The molecule has 0 fully saturated rings. The van der Waals surface area contributed by atoms with E-state index in [9.17, 15) is 15.0 Å². The lowest BCUT2D eigenvalue weighted by atomic mass is 10.0. The van der Waals surface area contributed by atoms with E-state index in [1.807, 2.05) is 56.3 Å². The molecule has 1 N–H and O–H groups in total. The lowest BCUT2D eigenvalue weighted by molar-refractivity contribution is -0.305. The summed E-state index contributed by atoms with van der Waals surface area (Å²) < 4.78 is 0. The standard InChI is InChI=1S/C11H17NO.C4H8O2.ClH/c1-9(12(2)3)11(13)10-7-5-4-6-8-10;1-2-3-4(5)6;/h4-9,11,13H,1-3H3;2-3H2,1H3,(H,5,6);1H/p-1. The van der Waals surface area contributed by atoms with Gasteiger partial charge in [0.05, 0.1) is 6.10 Å². The van der Waals surface area contributed by atoms with Gasteiger partial charge in [0.15, 0.2) is 0 Å². The molecule has 5 heteroatoms. The van der Waals surface area contributed by atoms with Crippen molar-refractivity contribution in [2.75, 3.05) is 14.1 Å². The summed E-state index contributed by atoms with van der Waals surface area (Å²) in [6, 6.07) is 9.88. The van der Waals surface area contributed by atoms with Crippen LogP contribution in [0.1, 0.15) is 38.4 Å². The number of halogens is 1. The van der Waals surface area contributed by atoms with Crippen molar-refractivity contribution in [2.24, 2.45) is 0 Å². The second-order valence-electron chi connectivity index (χ2n) is 4.68. The molecule has 116 valence electrons. The predicted octanol–water partition coefficient (Wildman–Crippen LogP) is 1.63. The first-order chi connectivity index (χ1) is 8.90. The van der Waals surface area contributed by atoms with Crippen molar-refractivity contribution in [3.05, 3.63) is 35.9 Å². The Labute approximate surface area is 127 Å². The Hall–Kier alpha value is -1.10. The molecule has 0 radical (unpaired) electrons. The summed E-state index contributed by atoms with van der Waals surface area (Å²) in [7, 11) is 3.94. The lowest BCUT2D eigenvalue weighted by Crippen LogP contribution is -2.30. The van der Waals surface area contributed by atoms with Gasteiger partial charge in [-0.1, -0.05) is 43.7 Å². The molecule has 0 aliphatic carbocycles. The van der Waals surface area contributed by atoms with Crippen LogP contribution in [-0.2, 0) is 4.79 Å². The molecule has 1 aromatic rings. The minimum Gasteiger partial charge on any atom is -0.550 e. The second kappa shape index (κ2) is 11.7. The Kier molecular flexibility index (Phi) is 12.4. The monoisotopic (exact) mass is 302 g/mol. The van der Waals surface area contributed by atoms with Crippen LogP contribution in [-0.4, -0.2) is 36.1 Å². The third-order valence-electron chi connectivity index (χ3n) is 2.87. The van der Waals surface area contributed by atoms with Crippen molar-refractivity contribution < 1.29 is 15.0 Å². The number of benzene rings is 1. The fourth-order valence-electron chi connectivity index (χ4n) is 1.42. The Morgan fingerprint density at radius 3 is 2.10 bits per heavy atom. The summed E-state index contributed by atoms with van der Waals surface area (Å²) in [6.45, 7) is 3.81. The average Bonchev–Trinajstić information content (AvgIpc) is 2.38. The lowest BCUT2D eigenvalue weighted by Gasteiger charge is -2.25. The quantitative estimate of drug-likeness (QED) is 0.898. The molecule has 0 aromatic heterocycles. The van der Waals surface area contributed by atoms with E-state index in [-0.39, 0.29) is 24.9 Å². The molecule has 0 bridgehead atoms. The Balaban J connectivity index is 0. The molecule has 1 rings (SSSR count). The number of likely N-dealkylation sites (N-methyl/N-ethyl adjacent to an activating group) is 1. The van der Waals surface area contributed by atoms with E-state index < -0.39 is 12.1 Å². The molecule has 0 heterocycles. The fourth-order valence-corrected chi connectivity index (χ4v) is 1.42. The molecule has 0 aliphatic rings. The van der Waals surface area contributed by atoms with Crippen LogP contribution in [0.3, 0.4) is 0 Å². The molecule has 0 saturated heterocycles. The van der Waals surface area contributed by atoms with Gasteiger partial charge in [0.25, 0.3) is 0 Å². The molecule has 0 amide bonds. The van der Waals surface area contributed by atoms with Crippen molar-refractivity contribution in [1.29, 1.82) is 0 Å². The van der Waals surface area contributed by atoms with Crippen LogP contribution in [0.2, 0.25) is 0 Å². The van der Waals surface area contributed by atoms with E-state index in [2.05, 4.69) is 0 Å². The number of rotatable bonds is 5. The zero-order valence-electron chi connectivity index (χ0n) is 12.6. The number of carbonyl (C=O) groups excluding carboxylic acids is 1. The van der Waals surface area contributed by atoms with E-state index >= 15 is 0 Å². The van der Waals surface area contributed by atoms with Crippen molar-refractivity contribution in [3.8, 4) is 0 Å². The van der Waals surface area contributed by atoms with Gasteiger partial charge >= 0.3 is 0 Å². The highest BCUT2D eigenvalue weighted by molar-refractivity contribution is 5.85. The zero-order valence-corrected chi connectivity index (χ0v) is 13.4. The van der Waals surface area contributed by atoms with E-state index in [0.29, 0.717) is 6.42 Å². The normalized spacial score (nSPS) is 12.7. The van der Waals surface area contributed by atoms with Gasteiger partial charge in [-0.15, -0.1) is 12.4 Å². The van der Waals surface area contributed by atoms with E-state index in [1.165, 1.54) is 0 Å². The van der Waals surface area contributed by atoms with Crippen LogP contribution in [0.4, 0.5) is 0 Å². The van der Waals surface area contributed by atoms with Crippen LogP contribution in [0.25, 0.3) is 0 Å². The second-order valence-corrected chi connectivity index (χ2v) is 4.68. The third kappa shape index (κ3) is 8.91. The van der Waals surface area contributed by atoms with Gasteiger partial charge in [0.2, 0.25) is 0 Å². The topological polar surface area (TPSA) is 63.6 Å². The molecular formula is C15H25ClNO3-. The molecular weight excluding hydrogens is 278 g/mol. The molecule has 2 unspecified atom stereocenters. The third-order valence-corrected chi connectivity index (χ3v) is 2.87. The Bertz CT molecular complexity index is 357. The smallest absolute Gasteiger partial charge is 0.0942 e.